The summed E-state index contributed by atoms with van der Waals surface area (Å²) in [4.78, 5) is 0.490. The minimum absolute atomic E-state index is 0.384. The van der Waals surface area contributed by atoms with Gasteiger partial charge in [0.1, 0.15) is 0 Å². The van der Waals surface area contributed by atoms with Crippen LogP contribution >= 0.6 is 11.8 Å². The molecule has 0 aromatic rings. The Balaban J connectivity index is 2.07. The van der Waals surface area contributed by atoms with Crippen molar-refractivity contribution < 1.29 is 0 Å². The van der Waals surface area contributed by atoms with Crippen molar-refractivity contribution in [1.29, 1.82) is 0 Å². The van der Waals surface area contributed by atoms with Gasteiger partial charge in [0.15, 0.2) is 0 Å². The van der Waals surface area contributed by atoms with Crippen molar-refractivity contribution >= 4 is 11.8 Å². The zero-order valence-corrected chi connectivity index (χ0v) is 8.26. The highest BCUT2D eigenvalue weighted by atomic mass is 32.2. The number of nitrogens with one attached hydrogen (secondary N) is 1. The summed E-state index contributed by atoms with van der Waals surface area (Å²) in [6.45, 7) is 4.63. The maximum Gasteiger partial charge on any atom is 0.0650 e. The van der Waals surface area contributed by atoms with Crippen LogP contribution in [0.2, 0.25) is 0 Å². The molecule has 0 aromatic heterocycles. The van der Waals surface area contributed by atoms with Gasteiger partial charge < -0.3 is 0 Å². The average molecular weight is 171 g/mol. The molecule has 1 aliphatic heterocycles. The molecule has 2 fully saturated rings. The van der Waals surface area contributed by atoms with Crippen molar-refractivity contribution in [3.8, 4) is 0 Å². The lowest BCUT2D eigenvalue weighted by Crippen LogP contribution is -2.45. The molecule has 1 nitrogen and oxygen atoms in total. The molecule has 2 aliphatic rings. The fourth-order valence-corrected chi connectivity index (χ4v) is 3.86. The molecule has 0 bridgehead atoms. The third-order valence-electron chi connectivity index (χ3n) is 2.69. The predicted molar refractivity (Wildman–Crippen MR) is 50.9 cm³/mol. The molecule has 1 heterocycles. The van der Waals surface area contributed by atoms with E-state index in [4.69, 9.17) is 0 Å². The Hall–Kier alpha value is 0.310. The topological polar surface area (TPSA) is 12.0 Å². The SMILES string of the molecule is CC1(C)CSC2(CCCC2)N1. The van der Waals surface area contributed by atoms with Crippen LogP contribution in [0.4, 0.5) is 0 Å². The smallest absolute Gasteiger partial charge is 0.0650 e. The van der Waals surface area contributed by atoms with Gasteiger partial charge in [-0.15, -0.1) is 11.8 Å². The molecule has 1 spiro atoms. The predicted octanol–water partition coefficient (Wildman–Crippen LogP) is 2.37. The van der Waals surface area contributed by atoms with E-state index in [9.17, 15) is 0 Å². The molecule has 0 radical (unpaired) electrons. The maximum atomic E-state index is 3.77. The van der Waals surface area contributed by atoms with E-state index >= 15 is 0 Å². The van der Waals surface area contributed by atoms with Crippen LogP contribution in [-0.2, 0) is 0 Å². The van der Waals surface area contributed by atoms with Gasteiger partial charge in [0.2, 0.25) is 0 Å². The summed E-state index contributed by atoms with van der Waals surface area (Å²) in [5.74, 6) is 1.28. The molecule has 0 unspecified atom stereocenters. The van der Waals surface area contributed by atoms with Gasteiger partial charge >= 0.3 is 0 Å². The van der Waals surface area contributed by atoms with E-state index in [0.29, 0.717) is 10.4 Å². The first kappa shape index (κ1) is 7.93. The van der Waals surface area contributed by atoms with Crippen LogP contribution in [0.3, 0.4) is 0 Å². The van der Waals surface area contributed by atoms with Crippen LogP contribution in [-0.4, -0.2) is 16.2 Å². The fraction of sp³-hybridized carbons (Fsp3) is 1.00. The van der Waals surface area contributed by atoms with Crippen molar-refractivity contribution in [2.24, 2.45) is 0 Å². The molecule has 11 heavy (non-hydrogen) atoms. The van der Waals surface area contributed by atoms with Gasteiger partial charge in [-0.25, -0.2) is 0 Å². The summed E-state index contributed by atoms with van der Waals surface area (Å²) >= 11 is 2.15. The second kappa shape index (κ2) is 2.40. The van der Waals surface area contributed by atoms with Crippen molar-refractivity contribution in [1.82, 2.24) is 5.32 Å². The number of hydrogen-bond acceptors (Lipinski definition) is 2. The van der Waals surface area contributed by atoms with Gasteiger partial charge in [-0.1, -0.05) is 12.8 Å². The summed E-state index contributed by atoms with van der Waals surface area (Å²) in [6.07, 6.45) is 5.63. The molecule has 1 aliphatic carbocycles. The molecule has 0 atom stereocenters. The molecule has 64 valence electrons. The monoisotopic (exact) mass is 171 g/mol. The van der Waals surface area contributed by atoms with Crippen molar-refractivity contribution in [3.05, 3.63) is 0 Å². The van der Waals surface area contributed by atoms with Crippen molar-refractivity contribution in [3.63, 3.8) is 0 Å². The Morgan fingerprint density at radius 1 is 1.18 bits per heavy atom. The second-order valence-electron chi connectivity index (χ2n) is 4.50. The molecule has 2 rings (SSSR count). The van der Waals surface area contributed by atoms with E-state index in [0.717, 1.165) is 0 Å². The number of rotatable bonds is 0. The first-order valence-electron chi connectivity index (χ1n) is 4.55. The Labute approximate surface area is 73.3 Å². The Morgan fingerprint density at radius 2 is 1.82 bits per heavy atom. The van der Waals surface area contributed by atoms with E-state index in [1.807, 2.05) is 0 Å². The third-order valence-corrected chi connectivity index (χ3v) is 4.62. The fourth-order valence-electron chi connectivity index (χ4n) is 2.22. The van der Waals surface area contributed by atoms with E-state index in [1.165, 1.54) is 31.4 Å². The summed E-state index contributed by atoms with van der Waals surface area (Å²) in [7, 11) is 0. The first-order valence-corrected chi connectivity index (χ1v) is 5.54. The molecule has 1 N–H and O–H groups in total. The standard InChI is InChI=1S/C9H17NS/c1-8(2)7-11-9(10-8)5-3-4-6-9/h10H,3-7H2,1-2H3. The van der Waals surface area contributed by atoms with Gasteiger partial charge in [-0.2, -0.15) is 0 Å². The Kier molecular flexibility index (Phi) is 1.73. The summed E-state index contributed by atoms with van der Waals surface area (Å²) < 4.78 is 0. The molecule has 0 amide bonds. The second-order valence-corrected chi connectivity index (χ2v) is 5.86. The normalized spacial score (nSPS) is 33.3. The molecular formula is C9H17NS. The van der Waals surface area contributed by atoms with Gasteiger partial charge in [-0.3, -0.25) is 5.32 Å². The molecule has 0 aromatic carbocycles. The summed E-state index contributed by atoms with van der Waals surface area (Å²) in [5.41, 5.74) is 0.384. The van der Waals surface area contributed by atoms with Crippen LogP contribution < -0.4 is 5.32 Å². The maximum absolute atomic E-state index is 3.77. The lowest BCUT2D eigenvalue weighted by molar-refractivity contribution is 0.368. The summed E-state index contributed by atoms with van der Waals surface area (Å²) in [5, 5.41) is 3.77. The van der Waals surface area contributed by atoms with E-state index < -0.39 is 0 Å². The van der Waals surface area contributed by atoms with Gasteiger partial charge in [-0.05, 0) is 26.7 Å². The number of hydrogen-bond donors (Lipinski definition) is 1. The van der Waals surface area contributed by atoms with Gasteiger partial charge in [0, 0.05) is 11.3 Å². The minimum atomic E-state index is 0.384. The van der Waals surface area contributed by atoms with Crippen LogP contribution in [0.5, 0.6) is 0 Å². The Morgan fingerprint density at radius 3 is 2.27 bits per heavy atom. The first-order chi connectivity index (χ1) is 5.12. The van der Waals surface area contributed by atoms with Crippen LogP contribution in [0.25, 0.3) is 0 Å². The zero-order chi connectivity index (χ0) is 7.95. The highest BCUT2D eigenvalue weighted by Crippen LogP contribution is 2.46. The highest BCUT2D eigenvalue weighted by Gasteiger charge is 2.44. The van der Waals surface area contributed by atoms with Gasteiger partial charge in [0.25, 0.3) is 0 Å². The van der Waals surface area contributed by atoms with Crippen molar-refractivity contribution in [2.75, 3.05) is 5.75 Å². The third kappa shape index (κ3) is 1.43. The van der Waals surface area contributed by atoms with E-state index in [2.05, 4.69) is 30.9 Å². The van der Waals surface area contributed by atoms with E-state index in [1.54, 1.807) is 0 Å². The molecular weight excluding hydrogens is 154 g/mol. The summed E-state index contributed by atoms with van der Waals surface area (Å²) in [6, 6.07) is 0. The van der Waals surface area contributed by atoms with Crippen LogP contribution in [0.15, 0.2) is 0 Å². The van der Waals surface area contributed by atoms with E-state index in [-0.39, 0.29) is 0 Å². The Bertz CT molecular complexity index is 159. The largest absolute Gasteiger partial charge is 0.297 e. The van der Waals surface area contributed by atoms with Crippen LogP contribution in [0.1, 0.15) is 39.5 Å². The van der Waals surface area contributed by atoms with Gasteiger partial charge in [0.05, 0.1) is 4.87 Å². The lowest BCUT2D eigenvalue weighted by atomic mass is 10.1. The number of thioether (sulfide) groups is 1. The molecule has 2 heteroatoms. The quantitative estimate of drug-likeness (QED) is 0.600. The minimum Gasteiger partial charge on any atom is -0.297 e. The van der Waals surface area contributed by atoms with Crippen molar-refractivity contribution in [2.45, 2.75) is 49.9 Å². The lowest BCUT2D eigenvalue weighted by Gasteiger charge is -2.26. The zero-order valence-electron chi connectivity index (χ0n) is 7.44. The van der Waals surface area contributed by atoms with Crippen LogP contribution in [0, 0.1) is 0 Å². The average Bonchev–Trinajstić information content (AvgIpc) is 2.43. The highest BCUT2D eigenvalue weighted by molar-refractivity contribution is 8.01. The molecule has 1 saturated heterocycles. The molecule has 1 saturated carbocycles.